The van der Waals surface area contributed by atoms with Crippen LogP contribution in [0, 0.1) is 0 Å². The molecule has 2 aliphatic heterocycles. The van der Waals surface area contributed by atoms with Crippen molar-refractivity contribution in [3.8, 4) is 11.5 Å². The molecule has 1 unspecified atom stereocenters. The third-order valence-corrected chi connectivity index (χ3v) is 9.02. The van der Waals surface area contributed by atoms with Gasteiger partial charge in [-0.15, -0.1) is 11.8 Å². The van der Waals surface area contributed by atoms with E-state index in [4.69, 9.17) is 39.5 Å². The minimum Gasteiger partial charge on any atom is -0.457 e. The lowest BCUT2D eigenvalue weighted by Gasteiger charge is -2.46. The monoisotopic (exact) mass is 608 g/mol. The summed E-state index contributed by atoms with van der Waals surface area (Å²) in [5.74, 6) is 0.0982. The van der Waals surface area contributed by atoms with Crippen molar-refractivity contribution in [3.63, 3.8) is 0 Å². The van der Waals surface area contributed by atoms with Crippen molar-refractivity contribution >= 4 is 64.1 Å². The molecule has 2 aliphatic rings. The number of thioether (sulfide) groups is 1. The van der Waals surface area contributed by atoms with Gasteiger partial charge in [0.05, 0.1) is 6.04 Å². The molecule has 40 heavy (non-hydrogen) atoms. The number of hydrogen-bond donors (Lipinski definition) is 2. The minimum atomic E-state index is -1.25. The lowest BCUT2D eigenvalue weighted by atomic mass is 9.59. The van der Waals surface area contributed by atoms with Gasteiger partial charge in [-0.3, -0.25) is 9.59 Å². The van der Waals surface area contributed by atoms with Crippen LogP contribution in [0.15, 0.2) is 89.8 Å². The molecule has 0 bridgehead atoms. The van der Waals surface area contributed by atoms with Crippen molar-refractivity contribution in [2.45, 2.75) is 28.7 Å². The molecule has 2 N–H and O–H groups in total. The highest BCUT2D eigenvalue weighted by Crippen LogP contribution is 2.58. The Labute approximate surface area is 251 Å². The van der Waals surface area contributed by atoms with E-state index < -0.39 is 17.4 Å². The van der Waals surface area contributed by atoms with Crippen molar-refractivity contribution in [2.75, 3.05) is 11.6 Å². The smallest absolute Gasteiger partial charge is 0.238 e. The van der Waals surface area contributed by atoms with Crippen LogP contribution in [-0.4, -0.2) is 18.1 Å². The maximum absolute atomic E-state index is 14.3. The predicted octanol–water partition coefficient (Wildman–Crippen LogP) is 8.40. The van der Waals surface area contributed by atoms with E-state index in [0.717, 1.165) is 16.0 Å². The lowest BCUT2D eigenvalue weighted by molar-refractivity contribution is -0.131. The van der Waals surface area contributed by atoms with Crippen molar-refractivity contribution < 1.29 is 14.3 Å². The van der Waals surface area contributed by atoms with Crippen molar-refractivity contribution in [3.05, 3.63) is 117 Å². The second-order valence-electron chi connectivity index (χ2n) is 9.79. The van der Waals surface area contributed by atoms with E-state index in [1.807, 2.05) is 54.8 Å². The molecule has 0 aliphatic carbocycles. The second kappa shape index (κ2) is 10.7. The van der Waals surface area contributed by atoms with E-state index in [1.54, 1.807) is 48.2 Å². The summed E-state index contributed by atoms with van der Waals surface area (Å²) in [6, 6.07) is 24.8. The van der Waals surface area contributed by atoms with Crippen LogP contribution in [-0.2, 0) is 15.0 Å². The Balaban J connectivity index is 1.58. The van der Waals surface area contributed by atoms with Gasteiger partial charge in [-0.25, -0.2) is 0 Å². The minimum absolute atomic E-state index is 0.0826. The average molecular weight is 610 g/mol. The van der Waals surface area contributed by atoms with Crippen LogP contribution in [0.1, 0.15) is 35.1 Å². The molecule has 1 spiro atoms. The molecule has 9 heteroatoms. The molecule has 2 heterocycles. The first kappa shape index (κ1) is 27.0. The number of piperidine rings is 1. The van der Waals surface area contributed by atoms with Crippen LogP contribution >= 0.6 is 46.6 Å². The zero-order valence-electron chi connectivity index (χ0n) is 21.2. The van der Waals surface area contributed by atoms with Crippen LogP contribution < -0.4 is 15.4 Å². The molecular weight excluding hydrogens is 587 g/mol. The zero-order chi connectivity index (χ0) is 28.0. The number of carbonyl (C=O) groups is 2. The van der Waals surface area contributed by atoms with Crippen molar-refractivity contribution in [1.29, 1.82) is 0 Å². The summed E-state index contributed by atoms with van der Waals surface area (Å²) < 4.78 is 6.36. The molecular formula is C31H23Cl3N2O3S. The summed E-state index contributed by atoms with van der Waals surface area (Å²) in [5.41, 5.74) is 1.45. The van der Waals surface area contributed by atoms with Crippen LogP contribution in [0.3, 0.4) is 0 Å². The summed E-state index contributed by atoms with van der Waals surface area (Å²) in [6.07, 6.45) is 2.09. The molecule has 0 radical (unpaired) electrons. The number of halogens is 3. The number of rotatable bonds is 5. The van der Waals surface area contributed by atoms with Gasteiger partial charge in [-0.2, -0.15) is 0 Å². The average Bonchev–Trinajstić information content (AvgIpc) is 3.22. The number of anilines is 1. The third kappa shape index (κ3) is 4.63. The molecule has 5 nitrogen and oxygen atoms in total. The van der Waals surface area contributed by atoms with Gasteiger partial charge in [-0.1, -0.05) is 53.0 Å². The summed E-state index contributed by atoms with van der Waals surface area (Å²) in [4.78, 5) is 28.8. The van der Waals surface area contributed by atoms with Gasteiger partial charge in [0.2, 0.25) is 11.8 Å². The number of fused-ring (bicyclic) bond motifs is 2. The van der Waals surface area contributed by atoms with Gasteiger partial charge in [0.15, 0.2) is 0 Å². The molecule has 0 aromatic heterocycles. The fourth-order valence-electron chi connectivity index (χ4n) is 5.88. The number of carbonyl (C=O) groups excluding carboxylic acids is 2. The Kier molecular flexibility index (Phi) is 7.21. The number of nitrogens with one attached hydrogen (secondary N) is 2. The lowest BCUT2D eigenvalue weighted by Crippen LogP contribution is -2.56. The van der Waals surface area contributed by atoms with Gasteiger partial charge >= 0.3 is 0 Å². The first-order chi connectivity index (χ1) is 19.3. The topological polar surface area (TPSA) is 67.4 Å². The zero-order valence-corrected chi connectivity index (χ0v) is 24.3. The van der Waals surface area contributed by atoms with E-state index in [1.165, 1.54) is 0 Å². The molecule has 2 amide bonds. The molecule has 0 saturated carbocycles. The Hall–Kier alpha value is -3.16. The van der Waals surface area contributed by atoms with Crippen molar-refractivity contribution in [2.24, 2.45) is 0 Å². The molecule has 4 aromatic carbocycles. The predicted molar refractivity (Wildman–Crippen MR) is 161 cm³/mol. The first-order valence-electron chi connectivity index (χ1n) is 12.6. The van der Waals surface area contributed by atoms with Crippen molar-refractivity contribution in [1.82, 2.24) is 5.32 Å². The Morgan fingerprint density at radius 2 is 1.60 bits per heavy atom. The summed E-state index contributed by atoms with van der Waals surface area (Å²) in [6.45, 7) is 0. The highest BCUT2D eigenvalue weighted by molar-refractivity contribution is 7.98. The standard InChI is InChI=1S/C31H23Cl3N2O3S/c1-40-22-9-7-21(8-10-22)39-27-12-6-19(33)14-23(27)29-31(24-11-5-20(34)15-26(24)35-30(31)38)25(16-28(37)36-29)17-3-2-4-18(32)13-17/h2-15,25,29H,16H2,1H3,(H,35,38)(H,36,37)/t25-,29+,31?/m0/s1. The van der Waals surface area contributed by atoms with Gasteiger partial charge < -0.3 is 15.4 Å². The van der Waals surface area contributed by atoms with Gasteiger partial charge in [0, 0.05) is 43.6 Å². The normalized spacial score (nSPS) is 21.6. The third-order valence-electron chi connectivity index (χ3n) is 7.57. The molecule has 202 valence electrons. The maximum Gasteiger partial charge on any atom is 0.238 e. The number of ether oxygens (including phenoxy) is 1. The SMILES string of the molecule is CSc1ccc(Oc2ccc(Cl)cc2[C@H]2NC(=O)C[C@@H](c3cccc(Cl)c3)C23C(=O)Nc2cc(Cl)ccc23)cc1. The fraction of sp³-hybridized carbons (Fsp3) is 0.161. The van der Waals surface area contributed by atoms with Crippen LogP contribution in [0.4, 0.5) is 5.69 Å². The molecule has 4 aromatic rings. The largest absolute Gasteiger partial charge is 0.457 e. The van der Waals surface area contributed by atoms with E-state index >= 15 is 0 Å². The Morgan fingerprint density at radius 1 is 0.875 bits per heavy atom. The van der Waals surface area contributed by atoms with Crippen LogP contribution in [0.25, 0.3) is 0 Å². The van der Waals surface area contributed by atoms with E-state index in [0.29, 0.717) is 37.8 Å². The quantitative estimate of drug-likeness (QED) is 0.223. The number of amides is 2. The highest BCUT2D eigenvalue weighted by atomic mass is 35.5. The van der Waals surface area contributed by atoms with Gasteiger partial charge in [0.25, 0.3) is 0 Å². The van der Waals surface area contributed by atoms with E-state index in [9.17, 15) is 9.59 Å². The van der Waals surface area contributed by atoms with Crippen LogP contribution in [0.5, 0.6) is 11.5 Å². The molecule has 1 saturated heterocycles. The first-order valence-corrected chi connectivity index (χ1v) is 14.9. The molecule has 6 rings (SSSR count). The molecule has 3 atom stereocenters. The molecule has 1 fully saturated rings. The number of benzene rings is 4. The van der Waals surface area contributed by atoms with Crippen LogP contribution in [0.2, 0.25) is 15.1 Å². The second-order valence-corrected chi connectivity index (χ2v) is 12.0. The van der Waals surface area contributed by atoms with Gasteiger partial charge in [-0.05, 0) is 84.1 Å². The maximum atomic E-state index is 14.3. The summed E-state index contributed by atoms with van der Waals surface area (Å²) >= 11 is 20.9. The Bertz CT molecular complexity index is 1650. The summed E-state index contributed by atoms with van der Waals surface area (Å²) in [7, 11) is 0. The number of hydrogen-bond acceptors (Lipinski definition) is 4. The highest BCUT2D eigenvalue weighted by Gasteiger charge is 2.61. The summed E-state index contributed by atoms with van der Waals surface area (Å²) in [5, 5.41) is 7.63. The fourth-order valence-corrected chi connectivity index (χ4v) is 6.84. The van der Waals surface area contributed by atoms with Gasteiger partial charge in [0.1, 0.15) is 16.9 Å². The Morgan fingerprint density at radius 3 is 2.35 bits per heavy atom. The van der Waals surface area contributed by atoms with E-state index in [2.05, 4.69) is 10.6 Å². The van der Waals surface area contributed by atoms with E-state index in [-0.39, 0.29) is 18.2 Å².